The molecule has 6 rings (SSSR count). The topological polar surface area (TPSA) is 118 Å². The third kappa shape index (κ3) is 4.86. The van der Waals surface area contributed by atoms with Gasteiger partial charge in [0.05, 0.1) is 36.1 Å². The molecule has 1 N–H and O–H groups in total. The number of aryl methyl sites for hydroxylation is 1. The molecule has 1 atom stereocenters. The van der Waals surface area contributed by atoms with Crippen molar-refractivity contribution >= 4 is 17.0 Å². The summed E-state index contributed by atoms with van der Waals surface area (Å²) < 4.78 is 30.6. The van der Waals surface area contributed by atoms with E-state index < -0.39 is 11.9 Å². The van der Waals surface area contributed by atoms with Crippen molar-refractivity contribution in [3.05, 3.63) is 54.0 Å². The van der Waals surface area contributed by atoms with Crippen LogP contribution in [0.2, 0.25) is 0 Å². The molecule has 4 aromatic rings. The predicted molar refractivity (Wildman–Crippen MR) is 144 cm³/mol. The van der Waals surface area contributed by atoms with Crippen LogP contribution in [0.5, 0.6) is 5.88 Å². The van der Waals surface area contributed by atoms with Crippen LogP contribution in [0.1, 0.15) is 24.8 Å². The molecule has 1 amide bonds. The van der Waals surface area contributed by atoms with Crippen LogP contribution >= 0.6 is 0 Å². The first-order chi connectivity index (χ1) is 19.4. The van der Waals surface area contributed by atoms with Gasteiger partial charge in [0.1, 0.15) is 23.7 Å². The molecule has 2 aliphatic rings. The number of carbonyl (C=O) groups is 1. The van der Waals surface area contributed by atoms with E-state index in [0.29, 0.717) is 62.8 Å². The molecule has 10 nitrogen and oxygen atoms in total. The van der Waals surface area contributed by atoms with Crippen LogP contribution in [0, 0.1) is 23.1 Å². The highest BCUT2D eigenvalue weighted by atomic mass is 19.1. The van der Waals surface area contributed by atoms with Gasteiger partial charge >= 0.3 is 6.09 Å². The number of fused-ring (bicyclic) bond motifs is 1. The Kier molecular flexibility index (Phi) is 6.86. The quantitative estimate of drug-likeness (QED) is 0.375. The molecule has 4 heterocycles. The van der Waals surface area contributed by atoms with Gasteiger partial charge in [-0.15, -0.1) is 0 Å². The van der Waals surface area contributed by atoms with Gasteiger partial charge in [0.2, 0.25) is 5.88 Å². The highest BCUT2D eigenvalue weighted by Crippen LogP contribution is 2.42. The zero-order valence-electron chi connectivity index (χ0n) is 22.1. The van der Waals surface area contributed by atoms with E-state index in [2.05, 4.69) is 5.10 Å². The number of amides is 1. The lowest BCUT2D eigenvalue weighted by molar-refractivity contribution is 0.115. The van der Waals surface area contributed by atoms with Gasteiger partial charge in [-0.1, -0.05) is 12.1 Å². The Morgan fingerprint density at radius 2 is 2.00 bits per heavy atom. The van der Waals surface area contributed by atoms with Crippen molar-refractivity contribution in [2.45, 2.75) is 31.9 Å². The fourth-order valence-electron chi connectivity index (χ4n) is 5.54. The van der Waals surface area contributed by atoms with E-state index in [4.69, 9.17) is 14.6 Å². The third-order valence-corrected chi connectivity index (χ3v) is 7.79. The van der Waals surface area contributed by atoms with Crippen molar-refractivity contribution in [2.75, 3.05) is 26.3 Å². The van der Waals surface area contributed by atoms with Gasteiger partial charge in [0.15, 0.2) is 0 Å². The lowest BCUT2D eigenvalue weighted by atomic mass is 9.97. The molecule has 40 heavy (non-hydrogen) atoms. The normalized spacial score (nSPS) is 17.8. The maximum absolute atomic E-state index is 14.8. The fraction of sp³-hybridized carbons (Fsp3) is 0.379. The molecular formula is C29H29FN6O4. The number of nitriles is 1. The molecule has 2 aliphatic heterocycles. The number of hydrogen-bond donors (Lipinski definition) is 1. The van der Waals surface area contributed by atoms with Crippen LogP contribution in [0.4, 0.5) is 9.18 Å². The average Bonchev–Trinajstić information content (AvgIpc) is 3.69. The molecule has 0 spiro atoms. The Hall–Kier alpha value is -4.43. The lowest BCUT2D eigenvalue weighted by Gasteiger charge is -2.30. The first-order valence-electron chi connectivity index (χ1n) is 13.4. The van der Waals surface area contributed by atoms with E-state index in [0.717, 1.165) is 28.5 Å². The highest BCUT2D eigenvalue weighted by molar-refractivity contribution is 5.91. The van der Waals surface area contributed by atoms with Gasteiger partial charge in [0, 0.05) is 44.1 Å². The SMILES string of the molecule is Cn1ncc2cc(-c3c(-c4ccc(C#N)c(F)c4)nn(CC4CCN(C(=O)O)CC4)c3O[C@H]3CCOC3)ccc21. The minimum Gasteiger partial charge on any atom is -0.472 e. The number of halogens is 1. The summed E-state index contributed by atoms with van der Waals surface area (Å²) in [5.41, 5.74) is 3.59. The first-order valence-corrected chi connectivity index (χ1v) is 13.4. The zero-order valence-corrected chi connectivity index (χ0v) is 22.1. The number of hydrogen-bond acceptors (Lipinski definition) is 6. The standard InChI is InChI=1S/C29H29FN6O4/c1-34-25-5-4-19(12-22(25)15-32-34)26-27(20-2-3-21(14-31)24(30)13-20)33-36(28(26)40-23-8-11-39-17-23)16-18-6-9-35(10-7-18)29(37)38/h2-5,12-13,15,18,23H,6-11,16-17H2,1H3,(H,37,38)/t23-/m0/s1. The molecule has 2 aromatic heterocycles. The molecule has 11 heteroatoms. The largest absolute Gasteiger partial charge is 0.472 e. The summed E-state index contributed by atoms with van der Waals surface area (Å²) in [5, 5.41) is 28.9. The summed E-state index contributed by atoms with van der Waals surface area (Å²) in [6.07, 6.45) is 2.89. The molecular weight excluding hydrogens is 515 g/mol. The minimum absolute atomic E-state index is 0.0359. The lowest BCUT2D eigenvalue weighted by Crippen LogP contribution is -2.38. The van der Waals surface area contributed by atoms with Gasteiger partial charge < -0.3 is 19.5 Å². The maximum Gasteiger partial charge on any atom is 0.407 e. The smallest absolute Gasteiger partial charge is 0.407 e. The van der Waals surface area contributed by atoms with Crippen LogP contribution < -0.4 is 4.74 Å². The van der Waals surface area contributed by atoms with Crippen molar-refractivity contribution in [1.29, 1.82) is 5.26 Å². The van der Waals surface area contributed by atoms with Crippen LogP contribution in [0.3, 0.4) is 0 Å². The average molecular weight is 545 g/mol. The summed E-state index contributed by atoms with van der Waals surface area (Å²) in [5.74, 6) is 0.145. The van der Waals surface area contributed by atoms with Crippen molar-refractivity contribution < 1.29 is 23.8 Å². The van der Waals surface area contributed by atoms with E-state index in [1.54, 1.807) is 16.9 Å². The molecule has 206 valence electrons. The van der Waals surface area contributed by atoms with Gasteiger partial charge in [-0.25, -0.2) is 13.9 Å². The van der Waals surface area contributed by atoms with Gasteiger partial charge in [-0.3, -0.25) is 4.68 Å². The Balaban J connectivity index is 1.48. The van der Waals surface area contributed by atoms with Gasteiger partial charge in [0.25, 0.3) is 0 Å². The van der Waals surface area contributed by atoms with Crippen LogP contribution in [-0.4, -0.2) is 68.1 Å². The number of piperidine rings is 1. The number of nitrogens with zero attached hydrogens (tertiary/aromatic N) is 6. The van der Waals surface area contributed by atoms with Crippen molar-refractivity contribution in [3.8, 4) is 34.3 Å². The van der Waals surface area contributed by atoms with Crippen LogP contribution in [-0.2, 0) is 18.3 Å². The Morgan fingerprint density at radius 1 is 1.20 bits per heavy atom. The zero-order chi connectivity index (χ0) is 27.8. The van der Waals surface area contributed by atoms with Crippen molar-refractivity contribution in [3.63, 3.8) is 0 Å². The summed E-state index contributed by atoms with van der Waals surface area (Å²) in [4.78, 5) is 12.9. The van der Waals surface area contributed by atoms with Crippen LogP contribution in [0.15, 0.2) is 42.6 Å². The van der Waals surface area contributed by atoms with Crippen molar-refractivity contribution in [1.82, 2.24) is 24.5 Å². The number of aromatic nitrogens is 4. The second-order valence-corrected chi connectivity index (χ2v) is 10.4. The summed E-state index contributed by atoms with van der Waals surface area (Å²) in [7, 11) is 1.88. The van der Waals surface area contributed by atoms with Gasteiger partial charge in [-0.2, -0.15) is 15.5 Å². The molecule has 2 aromatic carbocycles. The molecule has 0 saturated carbocycles. The monoisotopic (exact) mass is 544 g/mol. The number of ether oxygens (including phenoxy) is 2. The van der Waals surface area contributed by atoms with E-state index in [1.807, 2.05) is 36.0 Å². The summed E-state index contributed by atoms with van der Waals surface area (Å²) >= 11 is 0. The molecule has 0 unspecified atom stereocenters. The van der Waals surface area contributed by atoms with Crippen molar-refractivity contribution in [2.24, 2.45) is 13.0 Å². The van der Waals surface area contributed by atoms with E-state index in [1.165, 1.54) is 17.0 Å². The number of likely N-dealkylation sites (tertiary alicyclic amines) is 1. The third-order valence-electron chi connectivity index (χ3n) is 7.79. The summed E-state index contributed by atoms with van der Waals surface area (Å²) in [6, 6.07) is 12.4. The highest BCUT2D eigenvalue weighted by Gasteiger charge is 2.30. The number of benzene rings is 2. The molecule has 0 bridgehead atoms. The molecule has 0 aliphatic carbocycles. The molecule has 0 radical (unpaired) electrons. The first kappa shape index (κ1) is 25.8. The number of rotatable bonds is 6. The van der Waals surface area contributed by atoms with E-state index in [9.17, 15) is 19.6 Å². The minimum atomic E-state index is -0.902. The van der Waals surface area contributed by atoms with E-state index >= 15 is 0 Å². The molecule has 2 fully saturated rings. The summed E-state index contributed by atoms with van der Waals surface area (Å²) in [6.45, 7) is 2.52. The van der Waals surface area contributed by atoms with Crippen LogP contribution in [0.25, 0.3) is 33.3 Å². The Morgan fingerprint density at radius 3 is 2.70 bits per heavy atom. The molecule has 2 saturated heterocycles. The fourth-order valence-corrected chi connectivity index (χ4v) is 5.54. The van der Waals surface area contributed by atoms with Gasteiger partial charge in [-0.05, 0) is 48.6 Å². The van der Waals surface area contributed by atoms with E-state index in [-0.39, 0.29) is 17.6 Å². The second kappa shape index (κ2) is 10.6. The Labute approximate surface area is 230 Å². The maximum atomic E-state index is 14.8. The predicted octanol–water partition coefficient (Wildman–Crippen LogP) is 4.67. The Bertz CT molecular complexity index is 1610. The number of carboxylic acid groups (broad SMARTS) is 1. The second-order valence-electron chi connectivity index (χ2n) is 10.4.